The molecule has 0 radical (unpaired) electrons. The number of nitrogens with one attached hydrogen (secondary N) is 1. The lowest BCUT2D eigenvalue weighted by molar-refractivity contribution is 0.103. The van der Waals surface area contributed by atoms with E-state index in [4.69, 9.17) is 0 Å². The van der Waals surface area contributed by atoms with Crippen LogP contribution in [0.5, 0.6) is 0 Å². The van der Waals surface area contributed by atoms with Crippen LogP contribution in [0.4, 0.5) is 5.95 Å². The Morgan fingerprint density at radius 3 is 2.77 bits per heavy atom. The predicted molar refractivity (Wildman–Crippen MR) is 90.2 cm³/mol. The first-order chi connectivity index (χ1) is 10.8. The second-order valence-corrected chi connectivity index (χ2v) is 5.89. The van der Waals surface area contributed by atoms with Gasteiger partial charge in [-0.3, -0.25) is 4.90 Å². The van der Waals surface area contributed by atoms with Gasteiger partial charge in [0.25, 0.3) is 0 Å². The predicted octanol–water partition coefficient (Wildman–Crippen LogP) is 2.01. The van der Waals surface area contributed by atoms with Crippen molar-refractivity contribution in [1.29, 1.82) is 0 Å². The molecule has 1 aromatic heterocycles. The van der Waals surface area contributed by atoms with Gasteiger partial charge in [-0.15, -0.1) is 6.58 Å². The Balaban J connectivity index is 1.54. The maximum Gasteiger partial charge on any atom is 0.203 e. The first-order valence-electron chi connectivity index (χ1n) is 7.97. The van der Waals surface area contributed by atoms with Gasteiger partial charge in [0.2, 0.25) is 5.95 Å². The van der Waals surface area contributed by atoms with E-state index in [2.05, 4.69) is 32.4 Å². The third-order valence-electron chi connectivity index (χ3n) is 4.22. The van der Waals surface area contributed by atoms with Crippen LogP contribution in [0.3, 0.4) is 0 Å². The van der Waals surface area contributed by atoms with Crippen molar-refractivity contribution in [2.75, 3.05) is 37.6 Å². The van der Waals surface area contributed by atoms with Crippen molar-refractivity contribution in [2.24, 2.45) is 0 Å². The molecule has 5 heteroatoms. The van der Waals surface area contributed by atoms with Gasteiger partial charge < -0.3 is 15.0 Å². The zero-order valence-corrected chi connectivity index (χ0v) is 12.9. The Morgan fingerprint density at radius 1 is 1.27 bits per heavy atom. The summed E-state index contributed by atoms with van der Waals surface area (Å²) in [5.41, 5.74) is 2.10. The molecule has 2 N–H and O–H groups in total. The Labute approximate surface area is 131 Å². The van der Waals surface area contributed by atoms with Crippen molar-refractivity contribution in [3.63, 3.8) is 0 Å². The number of hydrogen-bond donors (Lipinski definition) is 2. The highest BCUT2D eigenvalue weighted by atomic mass is 16.3. The first kappa shape index (κ1) is 15.1. The number of fused-ring (bicyclic) bond motifs is 1. The third kappa shape index (κ3) is 3.48. The van der Waals surface area contributed by atoms with E-state index in [0.29, 0.717) is 0 Å². The van der Waals surface area contributed by atoms with Gasteiger partial charge in [-0.1, -0.05) is 18.2 Å². The molecule has 5 nitrogen and oxygen atoms in total. The van der Waals surface area contributed by atoms with E-state index in [1.54, 1.807) is 0 Å². The summed E-state index contributed by atoms with van der Waals surface area (Å²) in [5.74, 6) is 0.952. The van der Waals surface area contributed by atoms with Gasteiger partial charge in [0, 0.05) is 32.7 Å². The van der Waals surface area contributed by atoms with Crippen LogP contribution in [0.25, 0.3) is 11.0 Å². The van der Waals surface area contributed by atoms with Crippen LogP contribution in [0.2, 0.25) is 0 Å². The van der Waals surface area contributed by atoms with Crippen LogP contribution in [-0.2, 0) is 0 Å². The SMILES string of the molecule is C=CCCC(O)CN1CCN(c2nc3ccccc3[nH]2)CC1. The highest BCUT2D eigenvalue weighted by molar-refractivity contribution is 5.77. The van der Waals surface area contributed by atoms with Crippen molar-refractivity contribution >= 4 is 17.0 Å². The molecule has 22 heavy (non-hydrogen) atoms. The van der Waals surface area contributed by atoms with Crippen LogP contribution < -0.4 is 4.90 Å². The molecular formula is C17H24N4O. The number of anilines is 1. The lowest BCUT2D eigenvalue weighted by atomic mass is 10.2. The summed E-state index contributed by atoms with van der Waals surface area (Å²) < 4.78 is 0. The Kier molecular flexibility index (Phi) is 4.75. The fraction of sp³-hybridized carbons (Fsp3) is 0.471. The van der Waals surface area contributed by atoms with Crippen molar-refractivity contribution in [3.8, 4) is 0 Å². The minimum absolute atomic E-state index is 0.254. The Bertz CT molecular complexity index is 583. The van der Waals surface area contributed by atoms with E-state index in [9.17, 15) is 5.11 Å². The molecule has 0 bridgehead atoms. The van der Waals surface area contributed by atoms with Gasteiger partial charge in [0.15, 0.2) is 0 Å². The number of allylic oxidation sites excluding steroid dienone is 1. The second-order valence-electron chi connectivity index (χ2n) is 5.89. The number of H-pyrrole nitrogens is 1. The van der Waals surface area contributed by atoms with Crippen molar-refractivity contribution in [3.05, 3.63) is 36.9 Å². The summed E-state index contributed by atoms with van der Waals surface area (Å²) in [6.45, 7) is 8.25. The normalized spacial score (nSPS) is 17.8. The second kappa shape index (κ2) is 6.94. The minimum Gasteiger partial charge on any atom is -0.392 e. The standard InChI is InChI=1S/C17H24N4O/c1-2-3-6-14(22)13-20-9-11-21(12-10-20)17-18-15-7-4-5-8-16(15)19-17/h2,4-5,7-8,14,22H,1,3,6,9-13H2,(H,18,19). The monoisotopic (exact) mass is 300 g/mol. The molecule has 118 valence electrons. The number of benzene rings is 1. The van der Waals surface area contributed by atoms with Crippen molar-refractivity contribution in [2.45, 2.75) is 18.9 Å². The molecular weight excluding hydrogens is 276 g/mol. The molecule has 2 aromatic rings. The van der Waals surface area contributed by atoms with Gasteiger partial charge in [-0.2, -0.15) is 0 Å². The topological polar surface area (TPSA) is 55.4 Å². The summed E-state index contributed by atoms with van der Waals surface area (Å²) in [4.78, 5) is 12.6. The summed E-state index contributed by atoms with van der Waals surface area (Å²) in [6.07, 6.45) is 3.28. The number of piperazine rings is 1. The van der Waals surface area contributed by atoms with Gasteiger partial charge >= 0.3 is 0 Å². The molecule has 3 rings (SSSR count). The van der Waals surface area contributed by atoms with Crippen LogP contribution in [0, 0.1) is 0 Å². The zero-order valence-electron chi connectivity index (χ0n) is 12.9. The number of imidazole rings is 1. The van der Waals surface area contributed by atoms with Gasteiger partial charge in [-0.25, -0.2) is 4.98 Å². The Morgan fingerprint density at radius 2 is 2.05 bits per heavy atom. The number of aromatic amines is 1. The molecule has 0 amide bonds. The molecule has 1 aromatic carbocycles. The van der Waals surface area contributed by atoms with E-state index >= 15 is 0 Å². The van der Waals surface area contributed by atoms with Crippen molar-refractivity contribution < 1.29 is 5.11 Å². The molecule has 1 atom stereocenters. The molecule has 2 heterocycles. The van der Waals surface area contributed by atoms with E-state index in [1.165, 1.54) is 0 Å². The molecule has 0 spiro atoms. The minimum atomic E-state index is -0.254. The third-order valence-corrected chi connectivity index (χ3v) is 4.22. The molecule has 1 aliphatic heterocycles. The molecule has 0 saturated carbocycles. The molecule has 0 aliphatic carbocycles. The number of para-hydroxylation sites is 2. The van der Waals surface area contributed by atoms with Crippen molar-refractivity contribution in [1.82, 2.24) is 14.9 Å². The number of aromatic nitrogens is 2. The molecule has 1 saturated heterocycles. The number of hydrogen-bond acceptors (Lipinski definition) is 4. The van der Waals surface area contributed by atoms with Gasteiger partial charge in [0.05, 0.1) is 17.1 Å². The molecule has 1 fully saturated rings. The quantitative estimate of drug-likeness (QED) is 0.801. The maximum absolute atomic E-state index is 9.99. The zero-order chi connectivity index (χ0) is 15.4. The lowest BCUT2D eigenvalue weighted by Gasteiger charge is -2.35. The van der Waals surface area contributed by atoms with Crippen LogP contribution >= 0.6 is 0 Å². The largest absolute Gasteiger partial charge is 0.392 e. The first-order valence-corrected chi connectivity index (χ1v) is 7.97. The fourth-order valence-electron chi connectivity index (χ4n) is 2.93. The van der Waals surface area contributed by atoms with Gasteiger partial charge in [-0.05, 0) is 25.0 Å². The van der Waals surface area contributed by atoms with E-state index in [1.807, 2.05) is 24.3 Å². The van der Waals surface area contributed by atoms with Crippen LogP contribution in [-0.4, -0.2) is 58.8 Å². The average Bonchev–Trinajstić information content (AvgIpc) is 2.97. The van der Waals surface area contributed by atoms with E-state index in [0.717, 1.165) is 62.5 Å². The number of β-amino-alcohol motifs (C(OH)–C–C–N with tert-alkyl or cyclic N) is 1. The van der Waals surface area contributed by atoms with Crippen LogP contribution in [0.15, 0.2) is 36.9 Å². The highest BCUT2D eigenvalue weighted by Gasteiger charge is 2.20. The number of aliphatic hydroxyl groups excluding tert-OH is 1. The van der Waals surface area contributed by atoms with E-state index in [-0.39, 0.29) is 6.10 Å². The summed E-state index contributed by atoms with van der Waals surface area (Å²) in [6, 6.07) is 8.11. The maximum atomic E-state index is 9.99. The average molecular weight is 300 g/mol. The fourth-order valence-corrected chi connectivity index (χ4v) is 2.93. The van der Waals surface area contributed by atoms with Crippen LogP contribution in [0.1, 0.15) is 12.8 Å². The summed E-state index contributed by atoms with van der Waals surface area (Å²) in [7, 11) is 0. The van der Waals surface area contributed by atoms with Gasteiger partial charge in [0.1, 0.15) is 0 Å². The molecule has 1 aliphatic rings. The highest BCUT2D eigenvalue weighted by Crippen LogP contribution is 2.18. The molecule has 1 unspecified atom stereocenters. The lowest BCUT2D eigenvalue weighted by Crippen LogP contribution is -2.48. The van der Waals surface area contributed by atoms with E-state index < -0.39 is 0 Å². The smallest absolute Gasteiger partial charge is 0.203 e. The summed E-state index contributed by atoms with van der Waals surface area (Å²) in [5, 5.41) is 9.99. The number of aliphatic hydroxyl groups is 1. The summed E-state index contributed by atoms with van der Waals surface area (Å²) >= 11 is 0. The number of rotatable bonds is 6. The Hall–Kier alpha value is -1.85. The number of nitrogens with zero attached hydrogens (tertiary/aromatic N) is 3.